The maximum Gasteiger partial charge on any atom is 0.326 e. The number of phenolic OH excluding ortho intramolecular Hbond substituents is 2. The number of hydrogen-bond donors (Lipinski definition) is 20. The van der Waals surface area contributed by atoms with Crippen LogP contribution in [0.1, 0.15) is 81.9 Å². The molecule has 0 bridgehead atoms. The van der Waals surface area contributed by atoms with Crippen molar-refractivity contribution in [3.05, 3.63) is 95.6 Å². The topological polar surface area (TPSA) is 562 Å². The Morgan fingerprint density at radius 1 is 0.430 bits per heavy atom. The minimum Gasteiger partial charge on any atom is -0.508 e. The van der Waals surface area contributed by atoms with E-state index in [0.717, 1.165) is 0 Å². The molecule has 33 heteroatoms. The van der Waals surface area contributed by atoms with E-state index >= 15 is 0 Å². The van der Waals surface area contributed by atoms with E-state index < -0.39 is 189 Å². The lowest BCUT2D eigenvalue weighted by Crippen LogP contribution is -2.60. The number of carboxylic acid groups (broad SMARTS) is 2. The Labute approximate surface area is 534 Å². The Bertz CT molecular complexity index is 3010. The number of aromatic hydroxyl groups is 2. The molecule has 3 aromatic carbocycles. The summed E-state index contributed by atoms with van der Waals surface area (Å²) < 4.78 is 0. The third kappa shape index (κ3) is 28.5. The first-order valence-electron chi connectivity index (χ1n) is 29.7. The molecule has 0 spiro atoms. The molecule has 10 atom stereocenters. The number of aliphatic carboxylic acids is 2. The Morgan fingerprint density at radius 3 is 1.26 bits per heavy atom. The van der Waals surface area contributed by atoms with Crippen LogP contribution in [0.25, 0.3) is 0 Å². The summed E-state index contributed by atoms with van der Waals surface area (Å²) >= 11 is 0. The van der Waals surface area contributed by atoms with Gasteiger partial charge < -0.3 is 106 Å². The molecule has 0 aliphatic carbocycles. The van der Waals surface area contributed by atoms with E-state index in [1.165, 1.54) is 48.5 Å². The number of nitrogens with one attached hydrogen (secondary N) is 10. The van der Waals surface area contributed by atoms with E-state index in [1.54, 1.807) is 44.2 Å². The molecule has 0 radical (unpaired) electrons. The smallest absolute Gasteiger partial charge is 0.326 e. The van der Waals surface area contributed by atoms with E-state index in [4.69, 9.17) is 17.2 Å². The van der Waals surface area contributed by atoms with Gasteiger partial charge in [-0.05, 0) is 91.9 Å². The van der Waals surface area contributed by atoms with E-state index in [-0.39, 0.29) is 68.9 Å². The van der Waals surface area contributed by atoms with E-state index in [9.17, 15) is 98.1 Å². The summed E-state index contributed by atoms with van der Waals surface area (Å²) in [6.45, 7) is -0.323. The zero-order valence-electron chi connectivity index (χ0n) is 51.3. The fraction of sp³-hybridized carbons (Fsp3) is 0.483. The molecule has 23 N–H and O–H groups in total. The average molecular weight is 1310 g/mol. The molecule has 33 nitrogen and oxygen atoms in total. The molecule has 3 rings (SSSR count). The number of phenols is 2. The predicted molar refractivity (Wildman–Crippen MR) is 329 cm³/mol. The highest BCUT2D eigenvalue weighted by Crippen LogP contribution is 2.16. The van der Waals surface area contributed by atoms with Gasteiger partial charge in [-0.3, -0.25) is 57.5 Å². The molecule has 93 heavy (non-hydrogen) atoms. The molecule has 0 fully saturated rings. The molecular weight excluding hydrogens is 1220 g/mol. The Morgan fingerprint density at radius 2 is 0.817 bits per heavy atom. The molecule has 510 valence electrons. The van der Waals surface area contributed by atoms with Crippen molar-refractivity contribution in [2.24, 2.45) is 23.1 Å². The number of unbranched alkanes of at least 4 members (excludes halogenated alkanes) is 1. The van der Waals surface area contributed by atoms with Crippen LogP contribution in [0.4, 0.5) is 0 Å². The molecule has 3 aromatic rings. The summed E-state index contributed by atoms with van der Waals surface area (Å²) in [5.41, 5.74) is 18.0. The fourth-order valence-electron chi connectivity index (χ4n) is 8.95. The highest BCUT2D eigenvalue weighted by molar-refractivity contribution is 5.99. The maximum absolute atomic E-state index is 14.4. The molecule has 0 saturated heterocycles. The maximum atomic E-state index is 14.4. The number of carbonyl (C=O) groups is 13. The molecule has 0 aliphatic heterocycles. The number of primary amides is 1. The minimum atomic E-state index is -1.84. The van der Waals surface area contributed by atoms with Crippen LogP contribution in [0, 0.1) is 5.92 Å². The Hall–Kier alpha value is -9.83. The van der Waals surface area contributed by atoms with Gasteiger partial charge in [0, 0.05) is 32.1 Å². The van der Waals surface area contributed by atoms with Gasteiger partial charge in [-0.25, -0.2) is 4.79 Å². The highest BCUT2D eigenvalue weighted by Gasteiger charge is 2.36. The summed E-state index contributed by atoms with van der Waals surface area (Å²) in [6.07, 6.45) is -2.88. The number of hydrogen-bond acceptors (Lipinski definition) is 20. The molecule has 0 aliphatic rings. The second kappa shape index (κ2) is 40.1. The van der Waals surface area contributed by atoms with Gasteiger partial charge >= 0.3 is 11.9 Å². The monoisotopic (exact) mass is 1310 g/mol. The van der Waals surface area contributed by atoms with Gasteiger partial charge in [-0.2, -0.15) is 0 Å². The Balaban J connectivity index is 1.82. The summed E-state index contributed by atoms with van der Waals surface area (Å²) in [4.78, 5) is 173. The number of rotatable bonds is 42. The predicted octanol–water partition coefficient (Wildman–Crippen LogP) is -5.70. The summed E-state index contributed by atoms with van der Waals surface area (Å²) in [5.74, 6) is -14.9. The second-order valence-electron chi connectivity index (χ2n) is 22.1. The molecule has 11 amide bonds. The van der Waals surface area contributed by atoms with Crippen LogP contribution < -0.4 is 70.4 Å². The third-order valence-corrected chi connectivity index (χ3v) is 14.0. The number of carbonyl (C=O) groups excluding carboxylic acids is 11. The lowest BCUT2D eigenvalue weighted by Gasteiger charge is -2.28. The summed E-state index contributed by atoms with van der Waals surface area (Å²) in [5, 5.41) is 92.7. The Kier molecular flexibility index (Phi) is 33.4. The largest absolute Gasteiger partial charge is 0.508 e. The van der Waals surface area contributed by atoms with Gasteiger partial charge in [0.15, 0.2) is 0 Å². The van der Waals surface area contributed by atoms with Gasteiger partial charge in [0.1, 0.15) is 71.9 Å². The van der Waals surface area contributed by atoms with Gasteiger partial charge in [-0.1, -0.05) is 68.4 Å². The number of aliphatic hydroxyl groups is 3. The van der Waals surface area contributed by atoms with Crippen molar-refractivity contribution >= 4 is 76.9 Å². The zero-order valence-corrected chi connectivity index (χ0v) is 51.3. The van der Waals surface area contributed by atoms with Crippen LogP contribution in [-0.4, -0.2) is 206 Å². The first-order valence-corrected chi connectivity index (χ1v) is 29.7. The van der Waals surface area contributed by atoms with Crippen LogP contribution in [-0.2, 0) is 81.6 Å². The van der Waals surface area contributed by atoms with Gasteiger partial charge in [-0.15, -0.1) is 0 Å². The van der Waals surface area contributed by atoms with Crippen LogP contribution in [0.3, 0.4) is 0 Å². The molecular formula is C60H85N13O20. The highest BCUT2D eigenvalue weighted by atomic mass is 16.4. The quantitative estimate of drug-likeness (QED) is 0.0235. The van der Waals surface area contributed by atoms with E-state index in [1.807, 2.05) is 0 Å². The molecule has 0 heterocycles. The van der Waals surface area contributed by atoms with Crippen molar-refractivity contribution < 1.29 is 98.1 Å². The van der Waals surface area contributed by atoms with Crippen molar-refractivity contribution in [2.45, 2.75) is 145 Å². The lowest BCUT2D eigenvalue weighted by atomic mass is 10.0. The number of amides is 11. The standard InChI is InChI=1S/C60H85N13O20/c1-32(2)24-42(69-51(83)38(62)29-74)56(88)67-40(19-21-48(63)79)55(87)70-44(26-34-11-15-36(77)16-12-34)57(89)68-41(20-22-50(81)82)54(86)66-39(10-6-7-23-61)53(85)73-46(30-75)52(84)64-28-49(80)65-47(31-76)59(91)71-43(25-33-8-4-3-5-9-33)58(90)72-45(60(92)93)27-35-13-17-37(78)18-14-35/h3-5,8-9,11-18,32,38-47,74-78H,6-7,10,19-31,61-62H2,1-2H3,(H2,63,79)(H,64,84)(H,65,80)(H,66,86)(H,67,88)(H,68,89)(H,69,83)(H,70,87)(H,71,91)(H,72,90)(H,73,85)(H,81,82)(H,92,93)/t38-,39-,40-,41-,42-,43-,44-,45-,46-,47-/m0/s1. The number of carboxylic acids is 2. The van der Waals surface area contributed by atoms with Crippen molar-refractivity contribution in [2.75, 3.05) is 32.9 Å². The number of nitrogens with two attached hydrogens (primary N) is 3. The van der Waals surface area contributed by atoms with Crippen molar-refractivity contribution in [3.63, 3.8) is 0 Å². The summed E-state index contributed by atoms with van der Waals surface area (Å²) in [6, 6.07) is 3.01. The fourth-order valence-corrected chi connectivity index (χ4v) is 8.95. The molecule has 0 aromatic heterocycles. The first kappa shape index (κ1) is 77.4. The first-order chi connectivity index (χ1) is 44.1. The van der Waals surface area contributed by atoms with Crippen LogP contribution in [0.5, 0.6) is 11.5 Å². The van der Waals surface area contributed by atoms with Gasteiger partial charge in [0.25, 0.3) is 0 Å². The van der Waals surface area contributed by atoms with Gasteiger partial charge in [0.2, 0.25) is 65.0 Å². The normalized spacial score (nSPS) is 14.2. The van der Waals surface area contributed by atoms with Crippen molar-refractivity contribution in [1.29, 1.82) is 0 Å². The van der Waals surface area contributed by atoms with Crippen LogP contribution >= 0.6 is 0 Å². The SMILES string of the molecule is CC(C)C[C@H](NC(=O)[C@@H](N)CO)C(=O)N[C@@H](CCC(N)=O)C(=O)N[C@@H](Cc1ccc(O)cc1)C(=O)N[C@@H](CCC(=O)O)C(=O)N[C@@H](CCCCN)C(=O)N[C@@H](CO)C(=O)NCC(=O)N[C@@H](CO)C(=O)N[C@@H](Cc1ccccc1)C(=O)N[C@@H](Cc1ccc(O)cc1)C(=O)O. The summed E-state index contributed by atoms with van der Waals surface area (Å²) in [7, 11) is 0. The third-order valence-electron chi connectivity index (χ3n) is 14.0. The number of aliphatic hydroxyl groups excluding tert-OH is 3. The van der Waals surface area contributed by atoms with Crippen LogP contribution in [0.2, 0.25) is 0 Å². The minimum absolute atomic E-state index is 0.00893. The average Bonchev–Trinajstić information content (AvgIpc) is 1.16. The van der Waals surface area contributed by atoms with Gasteiger partial charge in [0.05, 0.1) is 26.4 Å². The number of benzene rings is 3. The van der Waals surface area contributed by atoms with E-state index in [0.29, 0.717) is 16.7 Å². The van der Waals surface area contributed by atoms with E-state index in [2.05, 4.69) is 53.2 Å². The second-order valence-corrected chi connectivity index (χ2v) is 22.1. The lowest BCUT2D eigenvalue weighted by molar-refractivity contribution is -0.142. The van der Waals surface area contributed by atoms with Crippen molar-refractivity contribution in [3.8, 4) is 11.5 Å². The van der Waals surface area contributed by atoms with Crippen molar-refractivity contribution in [1.82, 2.24) is 53.2 Å². The molecule has 0 saturated carbocycles. The molecule has 0 unspecified atom stereocenters. The zero-order chi connectivity index (χ0) is 69.3. The van der Waals surface area contributed by atoms with Crippen LogP contribution in [0.15, 0.2) is 78.9 Å².